The molecule has 4 rings (SSSR count). The summed E-state index contributed by atoms with van der Waals surface area (Å²) in [7, 11) is -3.72. The molecule has 0 amide bonds. The zero-order valence-corrected chi connectivity index (χ0v) is 17.4. The number of fused-ring (bicyclic) bond motifs is 1. The number of hydrogen-bond donors (Lipinski definition) is 1. The summed E-state index contributed by atoms with van der Waals surface area (Å²) in [6, 6.07) is 12.3. The second-order valence-electron chi connectivity index (χ2n) is 6.94. The number of piperidine rings is 1. The van der Waals surface area contributed by atoms with Gasteiger partial charge in [0.15, 0.2) is 0 Å². The molecule has 0 atom stereocenters. The number of aromatic nitrogens is 1. The lowest BCUT2D eigenvalue weighted by Gasteiger charge is -2.28. The van der Waals surface area contributed by atoms with Gasteiger partial charge in [0.25, 0.3) is 10.0 Å². The monoisotopic (exact) mass is 417 g/mol. The van der Waals surface area contributed by atoms with Crippen LogP contribution >= 0.6 is 11.3 Å². The van der Waals surface area contributed by atoms with Crippen LogP contribution in [0.25, 0.3) is 10.2 Å². The van der Waals surface area contributed by atoms with Crippen LogP contribution in [0.5, 0.6) is 0 Å². The molecule has 2 aromatic carbocycles. The minimum absolute atomic E-state index is 0.0756. The molecule has 3 aromatic rings. The van der Waals surface area contributed by atoms with Gasteiger partial charge in [-0.15, -0.1) is 0 Å². The highest BCUT2D eigenvalue weighted by Crippen LogP contribution is 2.25. The summed E-state index contributed by atoms with van der Waals surface area (Å²) in [6.45, 7) is 4.55. The van der Waals surface area contributed by atoms with E-state index in [1.54, 1.807) is 34.9 Å². The van der Waals surface area contributed by atoms with Crippen LogP contribution in [0, 0.1) is 0 Å². The summed E-state index contributed by atoms with van der Waals surface area (Å²) in [5.74, 6) is 0. The summed E-state index contributed by atoms with van der Waals surface area (Å²) in [5, 5.41) is 0. The van der Waals surface area contributed by atoms with E-state index >= 15 is 0 Å². The zero-order valence-electron chi connectivity index (χ0n) is 15.7. The third-order valence-corrected chi connectivity index (χ3v) is 7.43. The van der Waals surface area contributed by atoms with Crippen molar-refractivity contribution in [3.63, 3.8) is 0 Å². The molecule has 0 spiro atoms. The first-order valence-electron chi connectivity index (χ1n) is 9.49. The van der Waals surface area contributed by atoms with E-state index in [4.69, 9.17) is 0 Å². The van der Waals surface area contributed by atoms with E-state index in [1.807, 2.05) is 19.1 Å². The van der Waals surface area contributed by atoms with Crippen molar-refractivity contribution in [2.75, 3.05) is 22.7 Å². The van der Waals surface area contributed by atoms with Gasteiger partial charge in [-0.05, 0) is 68.7 Å². The van der Waals surface area contributed by atoms with Crippen LogP contribution in [0.2, 0.25) is 0 Å². The summed E-state index contributed by atoms with van der Waals surface area (Å²) in [5.41, 5.74) is 2.41. The number of nitrogens with zero attached hydrogens (tertiary/aromatic N) is 2. The van der Waals surface area contributed by atoms with Crippen molar-refractivity contribution in [3.8, 4) is 0 Å². The Hall–Kier alpha value is -2.32. The highest BCUT2D eigenvalue weighted by Gasteiger charge is 2.17. The van der Waals surface area contributed by atoms with Crippen LogP contribution in [-0.4, -0.2) is 26.1 Å². The molecular weight excluding hydrogens is 394 g/mol. The summed E-state index contributed by atoms with van der Waals surface area (Å²) in [6.07, 6.45) is 3.67. The van der Waals surface area contributed by atoms with Crippen LogP contribution in [0.3, 0.4) is 0 Å². The second-order valence-corrected chi connectivity index (χ2v) is 9.62. The van der Waals surface area contributed by atoms with Gasteiger partial charge in [0, 0.05) is 31.0 Å². The van der Waals surface area contributed by atoms with E-state index in [-0.39, 0.29) is 9.77 Å². The minimum Gasteiger partial charge on any atom is -0.372 e. The number of benzene rings is 2. The number of sulfonamides is 1. The average Bonchev–Trinajstić information content (AvgIpc) is 3.03. The fraction of sp³-hybridized carbons (Fsp3) is 0.350. The van der Waals surface area contributed by atoms with Gasteiger partial charge in [-0.25, -0.2) is 8.42 Å². The first-order chi connectivity index (χ1) is 13.5. The van der Waals surface area contributed by atoms with Crippen LogP contribution in [-0.2, 0) is 16.6 Å². The number of hydrogen-bond acceptors (Lipinski definition) is 5. The van der Waals surface area contributed by atoms with E-state index in [9.17, 15) is 13.2 Å². The molecule has 1 fully saturated rings. The van der Waals surface area contributed by atoms with Crippen LogP contribution in [0.15, 0.2) is 52.2 Å². The first-order valence-corrected chi connectivity index (χ1v) is 11.8. The summed E-state index contributed by atoms with van der Waals surface area (Å²) in [4.78, 5) is 14.4. The molecule has 0 aliphatic carbocycles. The zero-order chi connectivity index (χ0) is 19.7. The van der Waals surface area contributed by atoms with E-state index < -0.39 is 10.0 Å². The van der Waals surface area contributed by atoms with E-state index in [0.717, 1.165) is 35.6 Å². The van der Waals surface area contributed by atoms with E-state index in [2.05, 4.69) is 9.62 Å². The van der Waals surface area contributed by atoms with Gasteiger partial charge in [0.2, 0.25) is 0 Å². The molecule has 0 unspecified atom stereocenters. The Morgan fingerprint density at radius 3 is 2.43 bits per heavy atom. The maximum absolute atomic E-state index is 12.8. The molecule has 1 aliphatic heterocycles. The van der Waals surface area contributed by atoms with Gasteiger partial charge in [0.1, 0.15) is 0 Å². The van der Waals surface area contributed by atoms with Gasteiger partial charge in [0.05, 0.1) is 15.1 Å². The van der Waals surface area contributed by atoms with Crippen molar-refractivity contribution in [3.05, 3.63) is 52.1 Å². The number of rotatable bonds is 5. The van der Waals surface area contributed by atoms with Crippen molar-refractivity contribution in [1.82, 2.24) is 4.57 Å². The molecule has 0 saturated carbocycles. The van der Waals surface area contributed by atoms with E-state index in [0.29, 0.717) is 16.9 Å². The molecule has 2 heterocycles. The van der Waals surface area contributed by atoms with Crippen LogP contribution in [0.4, 0.5) is 11.4 Å². The van der Waals surface area contributed by atoms with Crippen LogP contribution < -0.4 is 14.5 Å². The van der Waals surface area contributed by atoms with Gasteiger partial charge < -0.3 is 4.90 Å². The largest absolute Gasteiger partial charge is 0.372 e. The lowest BCUT2D eigenvalue weighted by molar-refractivity contribution is 0.578. The van der Waals surface area contributed by atoms with Gasteiger partial charge in [-0.3, -0.25) is 14.1 Å². The van der Waals surface area contributed by atoms with Crippen molar-refractivity contribution in [2.45, 2.75) is 37.6 Å². The van der Waals surface area contributed by atoms with E-state index in [1.165, 1.54) is 19.3 Å². The summed E-state index contributed by atoms with van der Waals surface area (Å²) < 4.78 is 30.5. The molecule has 1 saturated heterocycles. The highest BCUT2D eigenvalue weighted by molar-refractivity contribution is 7.92. The Labute approximate surface area is 168 Å². The molecule has 1 aliphatic rings. The maximum atomic E-state index is 12.8. The Morgan fingerprint density at radius 1 is 1.04 bits per heavy atom. The number of thiazole rings is 1. The molecule has 1 N–H and O–H groups in total. The summed E-state index contributed by atoms with van der Waals surface area (Å²) >= 11 is 1.07. The Morgan fingerprint density at radius 2 is 1.75 bits per heavy atom. The number of nitrogens with one attached hydrogen (secondary N) is 1. The highest BCUT2D eigenvalue weighted by atomic mass is 32.2. The fourth-order valence-electron chi connectivity index (χ4n) is 3.62. The lowest BCUT2D eigenvalue weighted by atomic mass is 10.1. The molecule has 0 radical (unpaired) electrons. The van der Waals surface area contributed by atoms with Gasteiger partial charge in [-0.2, -0.15) is 0 Å². The first kappa shape index (κ1) is 19.0. The molecular formula is C20H23N3O3S2. The lowest BCUT2D eigenvalue weighted by Crippen LogP contribution is -2.29. The predicted octanol–water partition coefficient (Wildman–Crippen LogP) is 3.87. The van der Waals surface area contributed by atoms with Crippen molar-refractivity contribution in [1.29, 1.82) is 0 Å². The molecule has 6 nitrogen and oxygen atoms in total. The Balaban J connectivity index is 1.57. The predicted molar refractivity (Wildman–Crippen MR) is 115 cm³/mol. The standard InChI is InChI=1S/C20H23N3O3S2/c1-2-23-18-11-10-17(14-19(18)27-20(23)24)28(25,26)21-15-6-8-16(9-7-15)22-12-4-3-5-13-22/h6-11,14,21H,2-5,12-13H2,1H3. The molecule has 0 bridgehead atoms. The molecule has 1 aromatic heterocycles. The maximum Gasteiger partial charge on any atom is 0.308 e. The number of anilines is 2. The Bertz CT molecular complexity index is 1140. The van der Waals surface area contributed by atoms with Gasteiger partial charge >= 0.3 is 4.87 Å². The minimum atomic E-state index is -3.72. The van der Waals surface area contributed by atoms with Crippen molar-refractivity contribution in [2.24, 2.45) is 0 Å². The smallest absolute Gasteiger partial charge is 0.308 e. The third kappa shape index (κ3) is 3.66. The van der Waals surface area contributed by atoms with Crippen molar-refractivity contribution < 1.29 is 8.42 Å². The molecule has 148 valence electrons. The fourth-order valence-corrected chi connectivity index (χ4v) is 5.77. The topological polar surface area (TPSA) is 71.4 Å². The third-order valence-electron chi connectivity index (χ3n) is 5.11. The van der Waals surface area contributed by atoms with Crippen molar-refractivity contribution >= 4 is 43.0 Å². The Kier molecular flexibility index (Phi) is 5.16. The molecule has 8 heteroatoms. The van der Waals surface area contributed by atoms with Gasteiger partial charge in [-0.1, -0.05) is 11.3 Å². The SMILES string of the molecule is CCn1c(=O)sc2cc(S(=O)(=O)Nc3ccc(N4CCCCC4)cc3)ccc21. The van der Waals surface area contributed by atoms with Crippen LogP contribution in [0.1, 0.15) is 26.2 Å². The number of aryl methyl sites for hydroxylation is 1. The normalized spacial score (nSPS) is 15.1. The quantitative estimate of drug-likeness (QED) is 0.684. The average molecular weight is 418 g/mol. The second kappa shape index (κ2) is 7.60. The molecule has 28 heavy (non-hydrogen) atoms.